The zero-order chi connectivity index (χ0) is 57.2. The maximum absolute atomic E-state index is 14.3. The summed E-state index contributed by atoms with van der Waals surface area (Å²) in [5.74, 6) is -10.1. The van der Waals surface area contributed by atoms with E-state index in [0.29, 0.717) is 43.4 Å². The first-order valence-electron chi connectivity index (χ1n) is 25.9. The van der Waals surface area contributed by atoms with Crippen LogP contribution >= 0.6 is 0 Å². The second-order valence-corrected chi connectivity index (χ2v) is 19.3. The Kier molecular flexibility index (Phi) is 26.8. The number of amides is 10. The highest BCUT2D eigenvalue weighted by Crippen LogP contribution is 2.16. The number of unbranched alkanes of at least 4 members (excludes halogenated alkanes) is 2. The topological polar surface area (TPSA) is 409 Å². The van der Waals surface area contributed by atoms with Crippen molar-refractivity contribution in [3.05, 3.63) is 59.7 Å². The highest BCUT2D eigenvalue weighted by molar-refractivity contribution is 5.98. The van der Waals surface area contributed by atoms with Crippen LogP contribution in [0.1, 0.15) is 116 Å². The van der Waals surface area contributed by atoms with Gasteiger partial charge in [0.1, 0.15) is 59.8 Å². The number of hydrogen-bond acceptors (Lipinski definition) is 14. The number of aromatic hydroxyl groups is 2. The zero-order valence-corrected chi connectivity index (χ0v) is 44.1. The number of benzene rings is 2. The molecule has 1 heterocycles. The van der Waals surface area contributed by atoms with E-state index in [2.05, 4.69) is 47.9 Å². The molecular formula is C52H77N11O14. The Hall–Kier alpha value is -7.83. The van der Waals surface area contributed by atoms with Crippen LogP contribution in [-0.2, 0) is 65.6 Å². The maximum atomic E-state index is 14.3. The lowest BCUT2D eigenvalue weighted by molar-refractivity contribution is -0.139. The Morgan fingerprint density at radius 2 is 1.27 bits per heavy atom. The monoisotopic (exact) mass is 1080 g/mol. The highest BCUT2D eigenvalue weighted by Gasteiger charge is 2.36. The van der Waals surface area contributed by atoms with Crippen molar-refractivity contribution >= 4 is 65.0 Å². The van der Waals surface area contributed by atoms with E-state index < -0.39 is 132 Å². The van der Waals surface area contributed by atoms with Gasteiger partial charge in [0, 0.05) is 39.2 Å². The minimum Gasteiger partial charge on any atom is -0.508 e. The van der Waals surface area contributed by atoms with Crippen molar-refractivity contribution in [3.8, 4) is 11.5 Å². The van der Waals surface area contributed by atoms with E-state index in [1.165, 1.54) is 62.4 Å². The summed E-state index contributed by atoms with van der Waals surface area (Å²) in [6.45, 7) is 6.28. The quantitative estimate of drug-likeness (QED) is 0.0616. The Morgan fingerprint density at radius 3 is 1.84 bits per heavy atom. The molecular weight excluding hydrogens is 1000 g/mol. The number of aliphatic carboxylic acids is 1. The van der Waals surface area contributed by atoms with Gasteiger partial charge in [0.2, 0.25) is 59.1 Å². The normalized spacial score (nSPS) is 20.8. The summed E-state index contributed by atoms with van der Waals surface area (Å²) in [6.07, 6.45) is 0.231. The van der Waals surface area contributed by atoms with Gasteiger partial charge in [0.25, 0.3) is 0 Å². The fourth-order valence-electron chi connectivity index (χ4n) is 8.20. The molecule has 3 rings (SSSR count). The molecule has 0 saturated carbocycles. The summed E-state index contributed by atoms with van der Waals surface area (Å²) >= 11 is 0. The van der Waals surface area contributed by atoms with Crippen molar-refractivity contribution in [2.75, 3.05) is 13.1 Å². The van der Waals surface area contributed by atoms with E-state index in [1.54, 1.807) is 13.8 Å². The number of carbonyl (C=O) groups excluding carboxylic acids is 10. The predicted molar refractivity (Wildman–Crippen MR) is 280 cm³/mol. The number of hydrogen-bond donors (Lipinski definition) is 14. The molecule has 2 aromatic rings. The number of nitrogens with two attached hydrogens (primary N) is 2. The summed E-state index contributed by atoms with van der Waals surface area (Å²) in [7, 11) is 0. The van der Waals surface area contributed by atoms with Crippen LogP contribution in [0.4, 0.5) is 0 Å². The average molecular weight is 1080 g/mol. The number of primary amides is 1. The largest absolute Gasteiger partial charge is 0.508 e. The standard InChI is InChI=1S/C52H77N11O14/c1-5-29(2)44-52(77)61-36(47(72)56-30(3)46(71)62-40(45(54)70)27-32-13-17-34(65)18-14-32)12-8-10-26-55-42(67)23-21-38(60-51(76)41(57-31(4)64)28-33-15-19-35(66)20-16-33)49(74)58-37(11-7-6-9-25-53)48(73)59-39(50(75)63-44)22-24-43(68)69/h13-20,29-30,36-41,44,65-66H,5-12,21-28,53H2,1-4H3,(H2,54,70)(H,55,67)(H,56,72)(H,57,64)(H,58,74)(H,59,73)(H,60,76)(H,61,77)(H,62,71)(H,63,75)(H,68,69)/t29-,30-,36?,37-,38-,39?,40-,41-,44-/m0/s1. The first kappa shape index (κ1) is 63.5. The second kappa shape index (κ2) is 32.6. The smallest absolute Gasteiger partial charge is 0.303 e. The Bertz CT molecular complexity index is 2350. The Balaban J connectivity index is 2.01. The van der Waals surface area contributed by atoms with E-state index in [-0.39, 0.29) is 69.4 Å². The number of phenols is 2. The van der Waals surface area contributed by atoms with Crippen molar-refractivity contribution in [1.82, 2.24) is 47.9 Å². The number of carbonyl (C=O) groups is 11. The number of phenolic OH excluding ortho intramolecular Hbond substituents is 2. The molecule has 0 radical (unpaired) electrons. The summed E-state index contributed by atoms with van der Waals surface area (Å²) in [5, 5.41) is 52.6. The van der Waals surface area contributed by atoms with Gasteiger partial charge in [-0.2, -0.15) is 0 Å². The third-order valence-electron chi connectivity index (χ3n) is 12.9. The third kappa shape index (κ3) is 22.9. The van der Waals surface area contributed by atoms with Gasteiger partial charge in [-0.3, -0.25) is 52.7 Å². The molecule has 25 heteroatoms. The van der Waals surface area contributed by atoms with Crippen LogP contribution in [0.3, 0.4) is 0 Å². The molecule has 1 aliphatic heterocycles. The van der Waals surface area contributed by atoms with E-state index in [0.717, 1.165) is 0 Å². The molecule has 0 spiro atoms. The molecule has 16 N–H and O–H groups in total. The molecule has 1 aliphatic rings. The third-order valence-corrected chi connectivity index (χ3v) is 12.9. The SMILES string of the molecule is CC[C@H](C)[C@@H]1NC(=O)C(CCC(=O)O)NC(=O)[C@H](CCCCCN)NC(=O)[C@@H](NC(=O)[C@H](Cc2ccc(O)cc2)NC(C)=O)CCC(=O)NCCCCC(C(=O)N[C@@H](C)C(=O)N[C@@H](Cc2ccc(O)cc2)C(N)=O)NC1=O. The average Bonchev–Trinajstić information content (AvgIpc) is 3.38. The first-order chi connectivity index (χ1) is 36.5. The van der Waals surface area contributed by atoms with Crippen molar-refractivity contribution in [1.29, 1.82) is 0 Å². The van der Waals surface area contributed by atoms with Gasteiger partial charge in [-0.25, -0.2) is 0 Å². The van der Waals surface area contributed by atoms with Crippen molar-refractivity contribution in [2.45, 2.75) is 166 Å². The van der Waals surface area contributed by atoms with Gasteiger partial charge in [-0.05, 0) is 99.7 Å². The maximum Gasteiger partial charge on any atom is 0.303 e. The zero-order valence-electron chi connectivity index (χ0n) is 44.1. The van der Waals surface area contributed by atoms with Crippen molar-refractivity contribution in [2.24, 2.45) is 17.4 Å². The second-order valence-electron chi connectivity index (χ2n) is 19.3. The van der Waals surface area contributed by atoms with Crippen LogP contribution in [0.25, 0.3) is 0 Å². The molecule has 9 atom stereocenters. The molecule has 1 saturated heterocycles. The predicted octanol–water partition coefficient (Wildman–Crippen LogP) is -1.20. The van der Waals surface area contributed by atoms with Crippen molar-refractivity contribution < 1.29 is 68.1 Å². The molecule has 0 aliphatic carbocycles. The number of nitrogens with one attached hydrogen (secondary N) is 9. The molecule has 2 unspecified atom stereocenters. The molecule has 424 valence electrons. The van der Waals surface area contributed by atoms with Crippen LogP contribution in [0.15, 0.2) is 48.5 Å². The Morgan fingerprint density at radius 1 is 0.688 bits per heavy atom. The van der Waals surface area contributed by atoms with Crippen LogP contribution in [0.2, 0.25) is 0 Å². The lowest BCUT2D eigenvalue weighted by Crippen LogP contribution is -2.61. The van der Waals surface area contributed by atoms with Crippen LogP contribution < -0.4 is 59.3 Å². The molecule has 25 nitrogen and oxygen atoms in total. The van der Waals surface area contributed by atoms with Gasteiger partial charge < -0.3 is 74.6 Å². The number of rotatable bonds is 22. The highest BCUT2D eigenvalue weighted by atomic mass is 16.4. The molecule has 10 amide bonds. The van der Waals surface area contributed by atoms with Crippen LogP contribution in [0.5, 0.6) is 11.5 Å². The summed E-state index contributed by atoms with van der Waals surface area (Å²) in [4.78, 5) is 148. The molecule has 0 aromatic heterocycles. The van der Waals surface area contributed by atoms with E-state index in [4.69, 9.17) is 11.5 Å². The van der Waals surface area contributed by atoms with E-state index >= 15 is 0 Å². The fraction of sp³-hybridized carbons (Fsp3) is 0.558. The van der Waals surface area contributed by atoms with Gasteiger partial charge in [0.05, 0.1) is 0 Å². The minimum atomic E-state index is -1.59. The summed E-state index contributed by atoms with van der Waals surface area (Å²) in [6, 6.07) is 0.790. The molecule has 0 bridgehead atoms. The van der Waals surface area contributed by atoms with Crippen LogP contribution in [-0.4, -0.2) is 142 Å². The van der Waals surface area contributed by atoms with E-state index in [1.807, 2.05) is 0 Å². The molecule has 2 aromatic carbocycles. The van der Waals surface area contributed by atoms with Gasteiger partial charge >= 0.3 is 5.97 Å². The van der Waals surface area contributed by atoms with Crippen molar-refractivity contribution in [3.63, 3.8) is 0 Å². The first-order valence-corrected chi connectivity index (χ1v) is 25.9. The minimum absolute atomic E-state index is 0.0174. The summed E-state index contributed by atoms with van der Waals surface area (Å²) < 4.78 is 0. The molecule has 1 fully saturated rings. The van der Waals surface area contributed by atoms with Gasteiger partial charge in [-0.1, -0.05) is 57.4 Å². The van der Waals surface area contributed by atoms with Crippen LogP contribution in [0, 0.1) is 5.92 Å². The Labute approximate surface area is 447 Å². The molecule has 77 heavy (non-hydrogen) atoms. The number of carboxylic acid groups (broad SMARTS) is 1. The lowest BCUT2D eigenvalue weighted by Gasteiger charge is -2.29. The summed E-state index contributed by atoms with van der Waals surface area (Å²) in [5.41, 5.74) is 12.4. The number of carboxylic acids is 1. The van der Waals surface area contributed by atoms with Gasteiger partial charge in [-0.15, -0.1) is 0 Å². The van der Waals surface area contributed by atoms with E-state index in [9.17, 15) is 68.1 Å². The lowest BCUT2D eigenvalue weighted by atomic mass is 9.96. The fourth-order valence-corrected chi connectivity index (χ4v) is 8.20. The van der Waals surface area contributed by atoms with Gasteiger partial charge in [0.15, 0.2) is 0 Å².